The lowest BCUT2D eigenvalue weighted by Crippen LogP contribution is -2.33. The summed E-state index contributed by atoms with van der Waals surface area (Å²) in [6, 6.07) is 5.72. The Balaban J connectivity index is 1.82. The van der Waals surface area contributed by atoms with Crippen molar-refractivity contribution in [3.05, 3.63) is 28.2 Å². The lowest BCUT2D eigenvalue weighted by atomic mass is 10.1. The van der Waals surface area contributed by atoms with Crippen LogP contribution < -0.4 is 10.5 Å². The molecule has 0 amide bonds. The number of ether oxygens (including phenoxy) is 1. The summed E-state index contributed by atoms with van der Waals surface area (Å²) < 4.78 is 6.65. The molecule has 0 unspecified atom stereocenters. The summed E-state index contributed by atoms with van der Waals surface area (Å²) in [6.07, 6.45) is 3.99. The highest BCUT2D eigenvalue weighted by Crippen LogP contribution is 2.23. The van der Waals surface area contributed by atoms with E-state index in [1.165, 1.54) is 32.4 Å². The molecular formula is C14H19BrN2OS. The molecule has 1 heterocycles. The van der Waals surface area contributed by atoms with Crippen LogP contribution in [-0.2, 0) is 0 Å². The Morgan fingerprint density at radius 3 is 2.68 bits per heavy atom. The highest BCUT2D eigenvalue weighted by molar-refractivity contribution is 9.10. The Bertz CT molecular complexity index is 447. The van der Waals surface area contributed by atoms with Gasteiger partial charge >= 0.3 is 0 Å². The summed E-state index contributed by atoms with van der Waals surface area (Å²) in [5, 5.41) is 0. The number of nitrogens with zero attached hydrogens (tertiary/aromatic N) is 1. The number of nitrogens with two attached hydrogens (primary N) is 1. The number of thiocarbonyl (C=S) groups is 1. The Morgan fingerprint density at radius 2 is 2.05 bits per heavy atom. The fraction of sp³-hybridized carbons (Fsp3) is 0.500. The second kappa shape index (κ2) is 7.22. The third kappa shape index (κ3) is 4.44. The van der Waals surface area contributed by atoms with Gasteiger partial charge < -0.3 is 10.5 Å². The molecular weight excluding hydrogens is 324 g/mol. The van der Waals surface area contributed by atoms with Gasteiger partial charge in [0.2, 0.25) is 0 Å². The molecule has 0 saturated carbocycles. The van der Waals surface area contributed by atoms with Gasteiger partial charge in [0.15, 0.2) is 0 Å². The number of halogens is 1. The zero-order valence-electron chi connectivity index (χ0n) is 10.9. The van der Waals surface area contributed by atoms with Gasteiger partial charge in [-0.15, -0.1) is 0 Å². The molecule has 5 heteroatoms. The Labute approximate surface area is 128 Å². The number of benzene rings is 1. The van der Waals surface area contributed by atoms with Crippen molar-refractivity contribution in [3.63, 3.8) is 0 Å². The lowest BCUT2D eigenvalue weighted by Gasteiger charge is -2.26. The second-order valence-electron chi connectivity index (χ2n) is 4.76. The third-order valence-electron chi connectivity index (χ3n) is 3.33. The van der Waals surface area contributed by atoms with Gasteiger partial charge in [-0.2, -0.15) is 0 Å². The van der Waals surface area contributed by atoms with Crippen LogP contribution >= 0.6 is 28.1 Å². The molecule has 19 heavy (non-hydrogen) atoms. The molecule has 104 valence electrons. The molecule has 0 spiro atoms. The van der Waals surface area contributed by atoms with Gasteiger partial charge in [0.1, 0.15) is 17.3 Å². The molecule has 1 aromatic carbocycles. The number of rotatable bonds is 5. The average Bonchev–Trinajstić information content (AvgIpc) is 2.39. The Hall–Kier alpha value is -0.650. The van der Waals surface area contributed by atoms with Crippen molar-refractivity contribution in [3.8, 4) is 5.75 Å². The quantitative estimate of drug-likeness (QED) is 0.835. The van der Waals surface area contributed by atoms with E-state index < -0.39 is 0 Å². The minimum absolute atomic E-state index is 0.395. The van der Waals surface area contributed by atoms with E-state index in [-0.39, 0.29) is 0 Å². The van der Waals surface area contributed by atoms with Crippen LogP contribution in [0.2, 0.25) is 0 Å². The smallest absolute Gasteiger partial charge is 0.120 e. The molecule has 1 fully saturated rings. The van der Waals surface area contributed by atoms with Crippen LogP contribution in [0, 0.1) is 0 Å². The van der Waals surface area contributed by atoms with Crippen LogP contribution in [0.3, 0.4) is 0 Å². The molecule has 0 aliphatic carbocycles. The minimum atomic E-state index is 0.395. The molecule has 1 aromatic rings. The van der Waals surface area contributed by atoms with Crippen LogP contribution in [0.25, 0.3) is 0 Å². The molecule has 1 aliphatic rings. The van der Waals surface area contributed by atoms with E-state index in [0.717, 1.165) is 28.9 Å². The fourth-order valence-electron chi connectivity index (χ4n) is 2.26. The molecule has 3 nitrogen and oxygen atoms in total. The molecule has 0 atom stereocenters. The summed E-state index contributed by atoms with van der Waals surface area (Å²) in [5.74, 6) is 0.851. The van der Waals surface area contributed by atoms with E-state index >= 15 is 0 Å². The van der Waals surface area contributed by atoms with Crippen LogP contribution in [0.4, 0.5) is 0 Å². The average molecular weight is 343 g/mol. The van der Waals surface area contributed by atoms with Crippen LogP contribution in [-0.4, -0.2) is 36.1 Å². The van der Waals surface area contributed by atoms with Crippen molar-refractivity contribution in [1.29, 1.82) is 0 Å². The molecule has 1 aliphatic heterocycles. The molecule has 0 bridgehead atoms. The minimum Gasteiger partial charge on any atom is -0.492 e. The van der Waals surface area contributed by atoms with Crippen molar-refractivity contribution in [1.82, 2.24) is 4.90 Å². The predicted molar refractivity (Wildman–Crippen MR) is 85.8 cm³/mol. The topological polar surface area (TPSA) is 38.5 Å². The van der Waals surface area contributed by atoms with Crippen LogP contribution in [0.5, 0.6) is 5.75 Å². The van der Waals surface area contributed by atoms with Gasteiger partial charge in [0, 0.05) is 16.6 Å². The maximum absolute atomic E-state index is 5.77. The number of hydrogen-bond donors (Lipinski definition) is 1. The third-order valence-corrected chi connectivity index (χ3v) is 4.21. The first-order valence-corrected chi connectivity index (χ1v) is 7.81. The summed E-state index contributed by atoms with van der Waals surface area (Å²) in [6.45, 7) is 4.12. The van der Waals surface area contributed by atoms with E-state index in [4.69, 9.17) is 22.7 Å². The number of hydrogen-bond acceptors (Lipinski definition) is 3. The zero-order valence-corrected chi connectivity index (χ0v) is 13.3. The van der Waals surface area contributed by atoms with Crippen molar-refractivity contribution >= 4 is 33.1 Å². The predicted octanol–water partition coefficient (Wildman–Crippen LogP) is 2.95. The summed E-state index contributed by atoms with van der Waals surface area (Å²) in [4.78, 5) is 2.86. The largest absolute Gasteiger partial charge is 0.492 e. The van der Waals surface area contributed by atoms with Crippen molar-refractivity contribution < 1.29 is 4.74 Å². The van der Waals surface area contributed by atoms with E-state index in [1.807, 2.05) is 18.2 Å². The van der Waals surface area contributed by atoms with Gasteiger partial charge in [0.05, 0.1) is 0 Å². The highest BCUT2D eigenvalue weighted by atomic mass is 79.9. The van der Waals surface area contributed by atoms with Crippen LogP contribution in [0.1, 0.15) is 24.8 Å². The maximum atomic E-state index is 5.77. The van der Waals surface area contributed by atoms with E-state index in [2.05, 4.69) is 20.8 Å². The molecule has 1 saturated heterocycles. The Kier molecular flexibility index (Phi) is 5.60. The van der Waals surface area contributed by atoms with Crippen molar-refractivity contribution in [2.24, 2.45) is 5.73 Å². The Morgan fingerprint density at radius 1 is 1.32 bits per heavy atom. The number of likely N-dealkylation sites (tertiary alicyclic amines) is 1. The standard InChI is InChI=1S/C14H19BrN2OS/c15-13-10-11(4-5-12(13)14(16)19)18-9-8-17-6-2-1-3-7-17/h4-5,10H,1-3,6-9H2,(H2,16,19). The zero-order chi connectivity index (χ0) is 13.7. The maximum Gasteiger partial charge on any atom is 0.120 e. The first kappa shape index (κ1) is 14.8. The van der Waals surface area contributed by atoms with Gasteiger partial charge in [-0.1, -0.05) is 18.6 Å². The monoisotopic (exact) mass is 342 g/mol. The normalized spacial score (nSPS) is 16.3. The van der Waals surface area contributed by atoms with Gasteiger partial charge in [-0.3, -0.25) is 4.90 Å². The van der Waals surface area contributed by atoms with Crippen molar-refractivity contribution in [2.75, 3.05) is 26.2 Å². The van der Waals surface area contributed by atoms with Gasteiger partial charge in [0.25, 0.3) is 0 Å². The number of piperidine rings is 1. The van der Waals surface area contributed by atoms with Crippen LogP contribution in [0.15, 0.2) is 22.7 Å². The fourth-order valence-corrected chi connectivity index (χ4v) is 3.14. The van der Waals surface area contributed by atoms with Gasteiger partial charge in [-0.25, -0.2) is 0 Å². The van der Waals surface area contributed by atoms with E-state index in [9.17, 15) is 0 Å². The summed E-state index contributed by atoms with van der Waals surface area (Å²) in [7, 11) is 0. The van der Waals surface area contributed by atoms with Crippen molar-refractivity contribution in [2.45, 2.75) is 19.3 Å². The first-order valence-electron chi connectivity index (χ1n) is 6.61. The first-order chi connectivity index (χ1) is 9.16. The van der Waals surface area contributed by atoms with E-state index in [1.54, 1.807) is 0 Å². The SMILES string of the molecule is NC(=S)c1ccc(OCCN2CCCCC2)cc1Br. The highest BCUT2D eigenvalue weighted by Gasteiger charge is 2.10. The summed E-state index contributed by atoms with van der Waals surface area (Å²) >= 11 is 8.42. The molecule has 2 N–H and O–H groups in total. The second-order valence-corrected chi connectivity index (χ2v) is 6.05. The molecule has 2 rings (SSSR count). The molecule has 0 aromatic heterocycles. The lowest BCUT2D eigenvalue weighted by molar-refractivity contribution is 0.183. The van der Waals surface area contributed by atoms with E-state index in [0.29, 0.717) is 4.99 Å². The summed E-state index contributed by atoms with van der Waals surface area (Å²) in [5.41, 5.74) is 6.46. The van der Waals surface area contributed by atoms with Gasteiger partial charge in [-0.05, 0) is 60.1 Å². The molecule has 0 radical (unpaired) electrons.